The monoisotopic (exact) mass is 257 g/mol. The van der Waals surface area contributed by atoms with Crippen LogP contribution < -0.4 is 5.32 Å². The van der Waals surface area contributed by atoms with E-state index in [1.54, 1.807) is 14.0 Å². The molecule has 5 nitrogen and oxygen atoms in total. The van der Waals surface area contributed by atoms with Gasteiger partial charge in [0.25, 0.3) is 0 Å². The number of hydrogen-bond donors (Lipinski definition) is 2. The van der Waals surface area contributed by atoms with E-state index < -0.39 is 11.5 Å². The van der Waals surface area contributed by atoms with Crippen molar-refractivity contribution in [3.05, 3.63) is 0 Å². The van der Waals surface area contributed by atoms with Crippen LogP contribution in [-0.4, -0.2) is 73.2 Å². The molecule has 0 bridgehead atoms. The highest BCUT2D eigenvalue weighted by Gasteiger charge is 2.33. The van der Waals surface area contributed by atoms with Crippen LogP contribution >= 0.6 is 0 Å². The zero-order valence-electron chi connectivity index (χ0n) is 12.1. The van der Waals surface area contributed by atoms with Gasteiger partial charge in [-0.05, 0) is 53.9 Å². The Morgan fingerprint density at radius 2 is 2.22 bits per heavy atom. The molecule has 1 saturated heterocycles. The summed E-state index contributed by atoms with van der Waals surface area (Å²) in [6.45, 7) is 4.76. The highest BCUT2D eigenvalue weighted by Crippen LogP contribution is 2.20. The first-order chi connectivity index (χ1) is 8.39. The second-order valence-electron chi connectivity index (χ2n) is 5.73. The van der Waals surface area contributed by atoms with E-state index in [2.05, 4.69) is 29.2 Å². The Morgan fingerprint density at radius 3 is 2.72 bits per heavy atom. The minimum Gasteiger partial charge on any atom is -0.480 e. The Balaban J connectivity index is 2.49. The van der Waals surface area contributed by atoms with Gasteiger partial charge in [-0.3, -0.25) is 9.69 Å². The topological polar surface area (TPSA) is 55.8 Å². The van der Waals surface area contributed by atoms with Crippen LogP contribution in [0.4, 0.5) is 0 Å². The first-order valence-electron chi connectivity index (χ1n) is 6.70. The predicted molar refractivity (Wildman–Crippen MR) is 72.9 cm³/mol. The van der Waals surface area contributed by atoms with Gasteiger partial charge in [-0.25, -0.2) is 0 Å². The van der Waals surface area contributed by atoms with Crippen molar-refractivity contribution in [1.29, 1.82) is 0 Å². The largest absolute Gasteiger partial charge is 0.480 e. The van der Waals surface area contributed by atoms with Crippen LogP contribution in [-0.2, 0) is 4.79 Å². The third kappa shape index (κ3) is 3.93. The van der Waals surface area contributed by atoms with Gasteiger partial charge in [0, 0.05) is 19.1 Å². The van der Waals surface area contributed by atoms with Crippen LogP contribution in [0.15, 0.2) is 0 Å². The summed E-state index contributed by atoms with van der Waals surface area (Å²) in [6, 6.07) is 0.579. The fraction of sp³-hybridized carbons (Fsp3) is 0.923. The van der Waals surface area contributed by atoms with Gasteiger partial charge in [-0.2, -0.15) is 0 Å². The predicted octanol–water partition coefficient (Wildman–Crippen LogP) is 0.465. The Morgan fingerprint density at radius 1 is 1.56 bits per heavy atom. The van der Waals surface area contributed by atoms with Crippen LogP contribution in [0, 0.1) is 0 Å². The molecule has 0 amide bonds. The average Bonchev–Trinajstić information content (AvgIpc) is 2.72. The van der Waals surface area contributed by atoms with Crippen LogP contribution in [0.1, 0.15) is 26.2 Å². The van der Waals surface area contributed by atoms with Gasteiger partial charge in [0.05, 0.1) is 0 Å². The molecule has 0 spiro atoms. The van der Waals surface area contributed by atoms with E-state index in [9.17, 15) is 9.90 Å². The summed E-state index contributed by atoms with van der Waals surface area (Å²) in [5.41, 5.74) is -0.814. The normalized spacial score (nSPS) is 24.4. The number of likely N-dealkylation sites (N-methyl/N-ethyl adjacent to an activating group) is 2. The number of carboxylic acids is 1. The molecule has 5 heteroatoms. The van der Waals surface area contributed by atoms with Crippen LogP contribution in [0.3, 0.4) is 0 Å². The van der Waals surface area contributed by atoms with Gasteiger partial charge in [0.1, 0.15) is 5.54 Å². The van der Waals surface area contributed by atoms with Crippen molar-refractivity contribution in [2.75, 3.05) is 40.8 Å². The second kappa shape index (κ2) is 6.50. The molecule has 106 valence electrons. The molecule has 18 heavy (non-hydrogen) atoms. The summed E-state index contributed by atoms with van der Waals surface area (Å²) in [6.07, 6.45) is 3.09. The molecule has 0 aromatic heterocycles. The minimum absolute atomic E-state index is 0.579. The van der Waals surface area contributed by atoms with E-state index in [0.717, 1.165) is 19.6 Å². The van der Waals surface area contributed by atoms with E-state index in [1.165, 1.54) is 12.8 Å². The highest BCUT2D eigenvalue weighted by atomic mass is 16.4. The molecule has 0 aliphatic carbocycles. The zero-order valence-corrected chi connectivity index (χ0v) is 12.1. The Labute approximate surface area is 110 Å². The molecule has 0 saturated carbocycles. The van der Waals surface area contributed by atoms with Crippen molar-refractivity contribution >= 4 is 5.97 Å². The van der Waals surface area contributed by atoms with Gasteiger partial charge in [0.15, 0.2) is 0 Å². The highest BCUT2D eigenvalue weighted by molar-refractivity contribution is 5.78. The smallest absolute Gasteiger partial charge is 0.323 e. The Kier molecular flexibility index (Phi) is 5.56. The Hall–Kier alpha value is -0.650. The number of hydrogen-bond acceptors (Lipinski definition) is 4. The second-order valence-corrected chi connectivity index (χ2v) is 5.73. The lowest BCUT2D eigenvalue weighted by atomic mass is 9.98. The molecule has 1 heterocycles. The number of nitrogens with zero attached hydrogens (tertiary/aromatic N) is 2. The lowest BCUT2D eigenvalue weighted by molar-refractivity contribution is -0.144. The maximum atomic E-state index is 11.2. The molecule has 0 radical (unpaired) electrons. The lowest BCUT2D eigenvalue weighted by Gasteiger charge is -2.31. The van der Waals surface area contributed by atoms with Crippen molar-refractivity contribution in [2.24, 2.45) is 0 Å². The van der Waals surface area contributed by atoms with Crippen molar-refractivity contribution in [1.82, 2.24) is 15.1 Å². The third-order valence-electron chi connectivity index (χ3n) is 4.00. The average molecular weight is 257 g/mol. The molecule has 1 aliphatic rings. The zero-order chi connectivity index (χ0) is 13.8. The molecule has 1 aliphatic heterocycles. The summed E-state index contributed by atoms with van der Waals surface area (Å²) in [5.74, 6) is -0.770. The molecule has 1 fully saturated rings. The minimum atomic E-state index is -0.814. The first kappa shape index (κ1) is 15.4. The summed E-state index contributed by atoms with van der Waals surface area (Å²) in [7, 11) is 5.90. The van der Waals surface area contributed by atoms with Crippen molar-refractivity contribution in [3.8, 4) is 0 Å². The van der Waals surface area contributed by atoms with Crippen LogP contribution in [0.25, 0.3) is 0 Å². The molecule has 2 N–H and O–H groups in total. The fourth-order valence-corrected chi connectivity index (χ4v) is 2.52. The Bertz CT molecular complexity index is 283. The van der Waals surface area contributed by atoms with Gasteiger partial charge in [-0.1, -0.05) is 0 Å². The van der Waals surface area contributed by atoms with E-state index in [4.69, 9.17) is 0 Å². The third-order valence-corrected chi connectivity index (χ3v) is 4.00. The number of carboxylic acid groups (broad SMARTS) is 1. The first-order valence-corrected chi connectivity index (χ1v) is 6.70. The number of likely N-dealkylation sites (tertiary alicyclic amines) is 1. The molecule has 0 aromatic carbocycles. The standard InChI is InChI=1S/C13H27N3O2/c1-13(14-2,12(17)18)7-9-16-8-5-6-11(16)10-15(3)4/h11,14H,5-10H2,1-4H3,(H,17,18). The van der Waals surface area contributed by atoms with Gasteiger partial charge < -0.3 is 15.3 Å². The number of nitrogens with one attached hydrogen (secondary N) is 1. The number of carbonyl (C=O) groups is 1. The molecular formula is C13H27N3O2. The summed E-state index contributed by atoms with van der Waals surface area (Å²) in [4.78, 5) is 15.9. The summed E-state index contributed by atoms with van der Waals surface area (Å²) in [5, 5.41) is 12.1. The molecule has 2 unspecified atom stereocenters. The quantitative estimate of drug-likeness (QED) is 0.694. The van der Waals surface area contributed by atoms with E-state index >= 15 is 0 Å². The molecule has 1 rings (SSSR count). The maximum absolute atomic E-state index is 11.2. The number of aliphatic carboxylic acids is 1. The SMILES string of the molecule is CNC(C)(CCN1CCCC1CN(C)C)C(=O)O. The van der Waals surface area contributed by atoms with E-state index in [0.29, 0.717) is 12.5 Å². The summed E-state index contributed by atoms with van der Waals surface area (Å²) < 4.78 is 0. The van der Waals surface area contributed by atoms with Crippen LogP contribution in [0.2, 0.25) is 0 Å². The molecule has 2 atom stereocenters. The van der Waals surface area contributed by atoms with Crippen molar-refractivity contribution in [2.45, 2.75) is 37.8 Å². The number of rotatable bonds is 7. The van der Waals surface area contributed by atoms with Crippen LogP contribution in [0.5, 0.6) is 0 Å². The lowest BCUT2D eigenvalue weighted by Crippen LogP contribution is -2.50. The maximum Gasteiger partial charge on any atom is 0.323 e. The fourth-order valence-electron chi connectivity index (χ4n) is 2.52. The molecule has 0 aromatic rings. The van der Waals surface area contributed by atoms with E-state index in [-0.39, 0.29) is 0 Å². The van der Waals surface area contributed by atoms with Crippen molar-refractivity contribution < 1.29 is 9.90 Å². The van der Waals surface area contributed by atoms with Gasteiger partial charge in [0.2, 0.25) is 0 Å². The van der Waals surface area contributed by atoms with Gasteiger partial charge >= 0.3 is 5.97 Å². The molecular weight excluding hydrogens is 230 g/mol. The summed E-state index contributed by atoms with van der Waals surface area (Å²) >= 11 is 0. The van der Waals surface area contributed by atoms with Gasteiger partial charge in [-0.15, -0.1) is 0 Å². The van der Waals surface area contributed by atoms with E-state index in [1.807, 2.05) is 0 Å². The van der Waals surface area contributed by atoms with Crippen molar-refractivity contribution in [3.63, 3.8) is 0 Å².